The predicted octanol–water partition coefficient (Wildman–Crippen LogP) is 3.49. The maximum Gasteiger partial charge on any atom is 0.250 e. The number of thiophene rings is 1. The quantitative estimate of drug-likeness (QED) is 0.645. The largest absolute Gasteiger partial charge is 0.310 e. The van der Waals surface area contributed by atoms with E-state index in [-0.39, 0.29) is 6.04 Å². The molecular weight excluding hydrogens is 304 g/mol. The van der Waals surface area contributed by atoms with E-state index in [2.05, 4.69) is 30.8 Å². The Hall–Kier alpha value is -0.430. The van der Waals surface area contributed by atoms with Crippen LogP contribution in [-0.2, 0) is 16.6 Å². The molecule has 1 heterocycles. The summed E-state index contributed by atoms with van der Waals surface area (Å²) in [6.07, 6.45) is 4.25. The standard InChI is InChI=1S/C15H28N2O2S2/c1-5-6-7-8-13(4)17-21(18,19)15-9-14(11-20-15)10-16-12(2)3/h9,11-13,16-17H,5-8,10H2,1-4H3. The van der Waals surface area contributed by atoms with Crippen molar-refractivity contribution in [3.8, 4) is 0 Å². The van der Waals surface area contributed by atoms with E-state index in [1.165, 1.54) is 11.3 Å². The Morgan fingerprint density at radius 2 is 1.95 bits per heavy atom. The Morgan fingerprint density at radius 1 is 1.24 bits per heavy atom. The fraction of sp³-hybridized carbons (Fsp3) is 0.733. The van der Waals surface area contributed by atoms with Gasteiger partial charge in [-0.3, -0.25) is 0 Å². The summed E-state index contributed by atoms with van der Waals surface area (Å²) in [5.74, 6) is 0. The van der Waals surface area contributed by atoms with E-state index in [0.717, 1.165) is 31.2 Å². The molecule has 0 spiro atoms. The summed E-state index contributed by atoms with van der Waals surface area (Å²) in [5.41, 5.74) is 1.02. The molecule has 0 aliphatic rings. The molecule has 0 saturated heterocycles. The van der Waals surface area contributed by atoms with Crippen molar-refractivity contribution >= 4 is 21.4 Å². The van der Waals surface area contributed by atoms with Crippen molar-refractivity contribution in [1.82, 2.24) is 10.0 Å². The monoisotopic (exact) mass is 332 g/mol. The van der Waals surface area contributed by atoms with Crippen LogP contribution in [0.5, 0.6) is 0 Å². The third kappa shape index (κ3) is 6.91. The van der Waals surface area contributed by atoms with Crippen molar-refractivity contribution in [3.63, 3.8) is 0 Å². The van der Waals surface area contributed by atoms with Gasteiger partial charge in [-0.25, -0.2) is 13.1 Å². The second kappa shape index (κ2) is 8.88. The van der Waals surface area contributed by atoms with Crippen molar-refractivity contribution in [2.24, 2.45) is 0 Å². The maximum absolute atomic E-state index is 12.3. The summed E-state index contributed by atoms with van der Waals surface area (Å²) in [6, 6.07) is 2.14. The molecule has 0 radical (unpaired) electrons. The fourth-order valence-electron chi connectivity index (χ4n) is 1.99. The van der Waals surface area contributed by atoms with Gasteiger partial charge in [0.05, 0.1) is 0 Å². The van der Waals surface area contributed by atoms with Crippen LogP contribution in [0.15, 0.2) is 15.7 Å². The van der Waals surface area contributed by atoms with Crippen LogP contribution in [0.25, 0.3) is 0 Å². The molecular formula is C15H28N2O2S2. The van der Waals surface area contributed by atoms with Crippen LogP contribution < -0.4 is 10.0 Å². The first-order valence-electron chi connectivity index (χ1n) is 7.68. The lowest BCUT2D eigenvalue weighted by Gasteiger charge is -2.12. The fourth-order valence-corrected chi connectivity index (χ4v) is 4.50. The molecule has 0 aliphatic heterocycles. The van der Waals surface area contributed by atoms with Crippen molar-refractivity contribution in [2.45, 2.75) is 76.2 Å². The van der Waals surface area contributed by atoms with Crippen molar-refractivity contribution in [2.75, 3.05) is 0 Å². The SMILES string of the molecule is CCCCCC(C)NS(=O)(=O)c1cc(CNC(C)C)cs1. The molecule has 2 N–H and O–H groups in total. The molecule has 0 amide bonds. The molecule has 0 saturated carbocycles. The predicted molar refractivity (Wildman–Crippen MR) is 90.2 cm³/mol. The highest BCUT2D eigenvalue weighted by molar-refractivity contribution is 7.91. The number of rotatable bonds is 10. The van der Waals surface area contributed by atoms with Gasteiger partial charge in [0.2, 0.25) is 10.0 Å². The molecule has 0 aromatic carbocycles. The average molecular weight is 333 g/mol. The van der Waals surface area contributed by atoms with Crippen LogP contribution in [-0.4, -0.2) is 20.5 Å². The molecule has 1 unspecified atom stereocenters. The van der Waals surface area contributed by atoms with Crippen LogP contribution in [0, 0.1) is 0 Å². The zero-order valence-corrected chi connectivity index (χ0v) is 15.1. The lowest BCUT2D eigenvalue weighted by atomic mass is 10.1. The first-order chi connectivity index (χ1) is 9.85. The summed E-state index contributed by atoms with van der Waals surface area (Å²) in [6.45, 7) is 8.93. The normalized spacial score (nSPS) is 13.8. The summed E-state index contributed by atoms with van der Waals surface area (Å²) >= 11 is 1.29. The van der Waals surface area contributed by atoms with Gasteiger partial charge >= 0.3 is 0 Å². The molecule has 1 rings (SSSR count). The number of nitrogens with one attached hydrogen (secondary N) is 2. The van der Waals surface area contributed by atoms with Gasteiger partial charge in [0.1, 0.15) is 4.21 Å². The Labute approximate surface area is 133 Å². The van der Waals surface area contributed by atoms with Crippen LogP contribution in [0.3, 0.4) is 0 Å². The third-order valence-electron chi connectivity index (χ3n) is 3.21. The molecule has 4 nitrogen and oxygen atoms in total. The molecule has 0 aliphatic carbocycles. The van der Waals surface area contributed by atoms with Crippen molar-refractivity contribution in [1.29, 1.82) is 0 Å². The smallest absolute Gasteiger partial charge is 0.250 e. The number of sulfonamides is 1. The van der Waals surface area contributed by atoms with Gasteiger partial charge < -0.3 is 5.32 Å². The molecule has 6 heteroatoms. The minimum absolute atomic E-state index is 0.0131. The first kappa shape index (κ1) is 18.6. The summed E-state index contributed by atoms with van der Waals surface area (Å²) < 4.78 is 27.8. The topological polar surface area (TPSA) is 58.2 Å². The van der Waals surface area contributed by atoms with Crippen molar-refractivity contribution in [3.05, 3.63) is 17.0 Å². The van der Waals surface area contributed by atoms with Crippen LogP contribution in [0.2, 0.25) is 0 Å². The minimum atomic E-state index is -3.37. The Bertz CT molecular complexity index is 509. The number of hydrogen-bond acceptors (Lipinski definition) is 4. The summed E-state index contributed by atoms with van der Waals surface area (Å²) in [7, 11) is -3.37. The highest BCUT2D eigenvalue weighted by atomic mass is 32.2. The number of hydrogen-bond donors (Lipinski definition) is 2. The van der Waals surface area contributed by atoms with E-state index in [4.69, 9.17) is 0 Å². The van der Waals surface area contributed by atoms with Gasteiger partial charge in [-0.15, -0.1) is 11.3 Å². The highest BCUT2D eigenvalue weighted by Crippen LogP contribution is 2.21. The van der Waals surface area contributed by atoms with Crippen LogP contribution >= 0.6 is 11.3 Å². The lowest BCUT2D eigenvalue weighted by molar-refractivity contribution is 0.528. The van der Waals surface area contributed by atoms with Crippen LogP contribution in [0.1, 0.15) is 58.9 Å². The second-order valence-electron chi connectivity index (χ2n) is 5.83. The zero-order chi connectivity index (χ0) is 15.9. The summed E-state index contributed by atoms with van der Waals surface area (Å²) in [4.78, 5) is 0. The molecule has 1 aromatic heterocycles. The Morgan fingerprint density at radius 3 is 2.57 bits per heavy atom. The van der Waals surface area contributed by atoms with E-state index in [1.54, 1.807) is 6.07 Å². The molecule has 21 heavy (non-hydrogen) atoms. The molecule has 0 bridgehead atoms. The Balaban J connectivity index is 2.57. The van der Waals surface area contributed by atoms with E-state index in [0.29, 0.717) is 16.8 Å². The maximum atomic E-state index is 12.3. The minimum Gasteiger partial charge on any atom is -0.310 e. The third-order valence-corrected chi connectivity index (χ3v) is 6.28. The molecule has 1 aromatic rings. The van der Waals surface area contributed by atoms with E-state index < -0.39 is 10.0 Å². The molecule has 1 atom stereocenters. The highest BCUT2D eigenvalue weighted by Gasteiger charge is 2.19. The van der Waals surface area contributed by atoms with Gasteiger partial charge in [-0.2, -0.15) is 0 Å². The van der Waals surface area contributed by atoms with Gasteiger partial charge in [0.25, 0.3) is 0 Å². The average Bonchev–Trinajstić information content (AvgIpc) is 2.85. The Kier molecular flexibility index (Phi) is 7.87. The second-order valence-corrected chi connectivity index (χ2v) is 8.68. The van der Waals surface area contributed by atoms with Gasteiger partial charge in [0, 0.05) is 18.6 Å². The van der Waals surface area contributed by atoms with Gasteiger partial charge in [-0.1, -0.05) is 40.0 Å². The van der Waals surface area contributed by atoms with Gasteiger partial charge in [-0.05, 0) is 30.4 Å². The zero-order valence-electron chi connectivity index (χ0n) is 13.5. The van der Waals surface area contributed by atoms with E-state index in [9.17, 15) is 8.42 Å². The van der Waals surface area contributed by atoms with E-state index in [1.807, 2.05) is 12.3 Å². The number of unbranched alkanes of at least 4 members (excludes halogenated alkanes) is 2. The summed E-state index contributed by atoms with van der Waals surface area (Å²) in [5, 5.41) is 5.20. The van der Waals surface area contributed by atoms with E-state index >= 15 is 0 Å². The van der Waals surface area contributed by atoms with Crippen molar-refractivity contribution < 1.29 is 8.42 Å². The van der Waals surface area contributed by atoms with Gasteiger partial charge in [0.15, 0.2) is 0 Å². The first-order valence-corrected chi connectivity index (χ1v) is 10.0. The molecule has 0 fully saturated rings. The molecule has 122 valence electrons. The van der Waals surface area contributed by atoms with Crippen LogP contribution in [0.4, 0.5) is 0 Å². The lowest BCUT2D eigenvalue weighted by Crippen LogP contribution is -2.32.